The van der Waals surface area contributed by atoms with Crippen LogP contribution in [0.3, 0.4) is 0 Å². The number of carbonyl (C=O) groups is 2. The lowest BCUT2D eigenvalue weighted by molar-refractivity contribution is -0.116. The van der Waals surface area contributed by atoms with Crippen molar-refractivity contribution < 1.29 is 9.59 Å². The lowest BCUT2D eigenvalue weighted by Gasteiger charge is -2.19. The van der Waals surface area contributed by atoms with E-state index in [1.54, 1.807) is 4.90 Å². The van der Waals surface area contributed by atoms with E-state index in [0.717, 1.165) is 11.3 Å². The number of aromatic nitrogens is 3. The third-order valence-corrected chi connectivity index (χ3v) is 4.04. The number of fused-ring (bicyclic) bond motifs is 1. The number of nitrogens with zero attached hydrogens (tertiary/aromatic N) is 3. The number of hydrogen-bond donors (Lipinski definition) is 1. The highest BCUT2D eigenvalue weighted by Crippen LogP contribution is 2.25. The van der Waals surface area contributed by atoms with Crippen LogP contribution in [-0.2, 0) is 4.79 Å². The Kier molecular flexibility index (Phi) is 4.22. The van der Waals surface area contributed by atoms with Crippen molar-refractivity contribution in [2.75, 3.05) is 11.4 Å². The molecule has 2 aromatic heterocycles. The van der Waals surface area contributed by atoms with E-state index < -0.39 is 0 Å². The van der Waals surface area contributed by atoms with Crippen LogP contribution < -0.4 is 10.5 Å². The SMILES string of the molecule is CCN(C(C)=O)c1cccc(-c2cc(=O)[nH]c3c(C(C)=O)cnn23)c1. The summed E-state index contributed by atoms with van der Waals surface area (Å²) in [7, 11) is 0. The third-order valence-electron chi connectivity index (χ3n) is 4.04. The van der Waals surface area contributed by atoms with Crippen LogP contribution in [0.5, 0.6) is 0 Å². The van der Waals surface area contributed by atoms with Crippen molar-refractivity contribution in [1.82, 2.24) is 14.6 Å². The average molecular weight is 338 g/mol. The molecule has 1 amide bonds. The van der Waals surface area contributed by atoms with Gasteiger partial charge < -0.3 is 9.88 Å². The minimum absolute atomic E-state index is 0.0614. The molecule has 0 aliphatic rings. The summed E-state index contributed by atoms with van der Waals surface area (Å²) in [6, 6.07) is 8.74. The maximum absolute atomic E-state index is 12.1. The molecule has 0 bridgehead atoms. The molecule has 3 aromatic rings. The molecule has 25 heavy (non-hydrogen) atoms. The van der Waals surface area contributed by atoms with Gasteiger partial charge in [0.05, 0.1) is 17.5 Å². The minimum atomic E-state index is -0.324. The van der Waals surface area contributed by atoms with Gasteiger partial charge in [-0.2, -0.15) is 5.10 Å². The highest BCUT2D eigenvalue weighted by Gasteiger charge is 2.15. The number of carbonyl (C=O) groups excluding carboxylic acids is 2. The van der Waals surface area contributed by atoms with Crippen molar-refractivity contribution >= 4 is 23.0 Å². The normalized spacial score (nSPS) is 10.8. The Bertz CT molecular complexity index is 1030. The second-order valence-corrected chi connectivity index (χ2v) is 5.71. The number of rotatable bonds is 4. The largest absolute Gasteiger partial charge is 0.313 e. The van der Waals surface area contributed by atoms with Gasteiger partial charge in [0, 0.05) is 30.8 Å². The van der Waals surface area contributed by atoms with E-state index in [2.05, 4.69) is 10.1 Å². The fourth-order valence-corrected chi connectivity index (χ4v) is 2.87. The predicted octanol–water partition coefficient (Wildman–Crippen LogP) is 2.26. The Morgan fingerprint density at radius 1 is 1.24 bits per heavy atom. The van der Waals surface area contributed by atoms with Gasteiger partial charge in [-0.25, -0.2) is 4.52 Å². The fraction of sp³-hybridized carbons (Fsp3) is 0.222. The van der Waals surface area contributed by atoms with Gasteiger partial charge in [-0.15, -0.1) is 0 Å². The molecule has 0 spiro atoms. The summed E-state index contributed by atoms with van der Waals surface area (Å²) < 4.78 is 1.53. The molecule has 0 saturated heterocycles. The molecule has 1 aromatic carbocycles. The van der Waals surface area contributed by atoms with Gasteiger partial charge in [0.1, 0.15) is 5.65 Å². The summed E-state index contributed by atoms with van der Waals surface area (Å²) >= 11 is 0. The lowest BCUT2D eigenvalue weighted by Crippen LogP contribution is -2.27. The third kappa shape index (κ3) is 2.96. The zero-order chi connectivity index (χ0) is 18.1. The number of hydrogen-bond acceptors (Lipinski definition) is 4. The Morgan fingerprint density at radius 3 is 2.64 bits per heavy atom. The zero-order valence-corrected chi connectivity index (χ0v) is 14.2. The van der Waals surface area contributed by atoms with Crippen LogP contribution in [0.25, 0.3) is 16.9 Å². The van der Waals surface area contributed by atoms with Gasteiger partial charge in [0.25, 0.3) is 5.56 Å². The van der Waals surface area contributed by atoms with Crippen LogP contribution in [0.4, 0.5) is 5.69 Å². The zero-order valence-electron chi connectivity index (χ0n) is 14.2. The van der Waals surface area contributed by atoms with Crippen LogP contribution in [0, 0.1) is 0 Å². The standard InChI is InChI=1S/C18H18N4O3/c1-4-21(12(3)24)14-7-5-6-13(8-14)16-9-17(25)20-18-15(11(2)23)10-19-22(16)18/h5-10H,4H2,1-3H3,(H,20,25). The quantitative estimate of drug-likeness (QED) is 0.739. The molecule has 128 valence electrons. The van der Waals surface area contributed by atoms with E-state index >= 15 is 0 Å². The predicted molar refractivity (Wildman–Crippen MR) is 95.0 cm³/mol. The van der Waals surface area contributed by atoms with E-state index in [1.165, 1.54) is 30.6 Å². The molecule has 1 N–H and O–H groups in total. The fourth-order valence-electron chi connectivity index (χ4n) is 2.87. The molecular weight excluding hydrogens is 320 g/mol. The van der Waals surface area contributed by atoms with Gasteiger partial charge >= 0.3 is 0 Å². The van der Waals surface area contributed by atoms with Crippen LogP contribution in [0.1, 0.15) is 31.1 Å². The van der Waals surface area contributed by atoms with Crippen LogP contribution >= 0.6 is 0 Å². The topological polar surface area (TPSA) is 87.5 Å². The number of aromatic amines is 1. The van der Waals surface area contributed by atoms with E-state index in [-0.39, 0.29) is 17.2 Å². The van der Waals surface area contributed by atoms with Gasteiger partial charge in [-0.3, -0.25) is 14.4 Å². The first-order chi connectivity index (χ1) is 11.9. The van der Waals surface area contributed by atoms with E-state index in [4.69, 9.17) is 0 Å². The molecule has 2 heterocycles. The van der Waals surface area contributed by atoms with Gasteiger partial charge in [-0.1, -0.05) is 12.1 Å². The second kappa shape index (κ2) is 6.35. The molecule has 0 atom stereocenters. The lowest BCUT2D eigenvalue weighted by atomic mass is 10.1. The number of anilines is 1. The van der Waals surface area contributed by atoms with Crippen LogP contribution in [0.2, 0.25) is 0 Å². The monoisotopic (exact) mass is 338 g/mol. The molecule has 7 heteroatoms. The number of Topliss-reactive ketones (excluding diaryl/α,β-unsaturated/α-hetero) is 1. The first kappa shape index (κ1) is 16.6. The van der Waals surface area contributed by atoms with Crippen molar-refractivity contribution in [3.63, 3.8) is 0 Å². The maximum Gasteiger partial charge on any atom is 0.251 e. The summed E-state index contributed by atoms with van der Waals surface area (Å²) in [5, 5.41) is 4.23. The summed E-state index contributed by atoms with van der Waals surface area (Å²) in [4.78, 5) is 39.9. The first-order valence-corrected chi connectivity index (χ1v) is 7.93. The number of amides is 1. The van der Waals surface area contributed by atoms with Crippen LogP contribution in [-0.4, -0.2) is 32.8 Å². The summed E-state index contributed by atoms with van der Waals surface area (Å²) in [5.41, 5.74) is 2.40. The molecule has 3 rings (SSSR count). The van der Waals surface area contributed by atoms with Gasteiger partial charge in [-0.05, 0) is 26.0 Å². The Labute approximate surface area is 143 Å². The van der Waals surface area contributed by atoms with Crippen molar-refractivity contribution in [1.29, 1.82) is 0 Å². The van der Waals surface area contributed by atoms with Crippen molar-refractivity contribution in [3.05, 3.63) is 52.4 Å². The molecular formula is C18H18N4O3. The molecule has 0 fully saturated rings. The minimum Gasteiger partial charge on any atom is -0.313 e. The van der Waals surface area contributed by atoms with Crippen LogP contribution in [0.15, 0.2) is 41.3 Å². The van der Waals surface area contributed by atoms with Crippen molar-refractivity contribution in [2.45, 2.75) is 20.8 Å². The van der Waals surface area contributed by atoms with Gasteiger partial charge in [0.15, 0.2) is 5.78 Å². The molecule has 0 aliphatic heterocycles. The molecule has 7 nitrogen and oxygen atoms in total. The van der Waals surface area contributed by atoms with Crippen molar-refractivity contribution in [2.24, 2.45) is 0 Å². The Balaban J connectivity index is 2.22. The summed E-state index contributed by atoms with van der Waals surface area (Å²) in [6.45, 7) is 5.37. The molecule has 0 radical (unpaired) electrons. The summed E-state index contributed by atoms with van der Waals surface area (Å²) in [6.07, 6.45) is 1.44. The van der Waals surface area contributed by atoms with Crippen molar-refractivity contribution in [3.8, 4) is 11.3 Å². The van der Waals surface area contributed by atoms with Gasteiger partial charge in [0.2, 0.25) is 5.91 Å². The smallest absolute Gasteiger partial charge is 0.251 e. The van der Waals surface area contributed by atoms with E-state index in [0.29, 0.717) is 23.4 Å². The number of benzene rings is 1. The highest BCUT2D eigenvalue weighted by atomic mass is 16.2. The molecule has 0 aliphatic carbocycles. The summed E-state index contributed by atoms with van der Waals surface area (Å²) in [5.74, 6) is -0.237. The molecule has 0 saturated carbocycles. The number of nitrogens with one attached hydrogen (secondary N) is 1. The average Bonchev–Trinajstić information content (AvgIpc) is 2.98. The highest BCUT2D eigenvalue weighted by molar-refractivity contribution is 5.99. The Morgan fingerprint density at radius 2 is 2.00 bits per heavy atom. The Hall–Kier alpha value is -3.22. The van der Waals surface area contributed by atoms with E-state index in [1.807, 2.05) is 31.2 Å². The first-order valence-electron chi connectivity index (χ1n) is 7.93. The van der Waals surface area contributed by atoms with E-state index in [9.17, 15) is 14.4 Å². The number of H-pyrrole nitrogens is 1. The maximum atomic E-state index is 12.1. The second-order valence-electron chi connectivity index (χ2n) is 5.71. The molecule has 0 unspecified atom stereocenters. The number of ketones is 1.